The van der Waals surface area contributed by atoms with Gasteiger partial charge in [-0.1, -0.05) is 51.8 Å². The van der Waals surface area contributed by atoms with E-state index in [4.69, 9.17) is 11.6 Å². The second kappa shape index (κ2) is 10.2. The van der Waals surface area contributed by atoms with Gasteiger partial charge in [0.05, 0.1) is 34.0 Å². The maximum atomic E-state index is 13.3. The molecule has 10 heteroatoms. The predicted octanol–water partition coefficient (Wildman–Crippen LogP) is 4.72. The van der Waals surface area contributed by atoms with E-state index >= 15 is 0 Å². The molecule has 0 unspecified atom stereocenters. The molecule has 166 valence electrons. The van der Waals surface area contributed by atoms with Gasteiger partial charge in [0.1, 0.15) is 6.54 Å². The van der Waals surface area contributed by atoms with Gasteiger partial charge in [-0.3, -0.25) is 9.10 Å². The number of nitrogens with one attached hydrogen (secondary N) is 1. The lowest BCUT2D eigenvalue weighted by Crippen LogP contribution is -2.38. The smallest absolute Gasteiger partial charge is 0.337 e. The molecule has 0 bridgehead atoms. The zero-order valence-corrected chi connectivity index (χ0v) is 19.9. The van der Waals surface area contributed by atoms with Crippen LogP contribution in [0.2, 0.25) is 5.02 Å². The van der Waals surface area contributed by atoms with Gasteiger partial charge in [0.15, 0.2) is 0 Å². The SMILES string of the molecule is COC(=O)c1ccc(Cl)c(NC(=O)CN(c2cccc(Br)c2)S(=O)(=O)c2ccccc2)c1. The van der Waals surface area contributed by atoms with Crippen molar-refractivity contribution in [3.63, 3.8) is 0 Å². The van der Waals surface area contributed by atoms with Crippen LogP contribution in [0.1, 0.15) is 10.4 Å². The average Bonchev–Trinajstić information content (AvgIpc) is 2.79. The molecule has 3 rings (SSSR count). The minimum Gasteiger partial charge on any atom is -0.465 e. The highest BCUT2D eigenvalue weighted by molar-refractivity contribution is 9.10. The molecule has 0 heterocycles. The molecule has 0 aliphatic heterocycles. The maximum absolute atomic E-state index is 13.3. The molecule has 0 aliphatic carbocycles. The first kappa shape index (κ1) is 23.8. The Kier molecular flexibility index (Phi) is 7.55. The van der Waals surface area contributed by atoms with Crippen molar-refractivity contribution in [2.45, 2.75) is 4.90 Å². The highest BCUT2D eigenvalue weighted by Gasteiger charge is 2.27. The van der Waals surface area contributed by atoms with E-state index in [1.807, 2.05) is 0 Å². The third-order valence-corrected chi connectivity index (χ3v) is 6.99. The van der Waals surface area contributed by atoms with E-state index in [0.29, 0.717) is 10.2 Å². The van der Waals surface area contributed by atoms with Crippen LogP contribution in [0.3, 0.4) is 0 Å². The number of carbonyl (C=O) groups is 2. The van der Waals surface area contributed by atoms with Crippen molar-refractivity contribution in [2.75, 3.05) is 23.3 Å². The second-order valence-electron chi connectivity index (χ2n) is 6.54. The first-order valence-corrected chi connectivity index (χ1v) is 11.8. The Bertz CT molecular complexity index is 1250. The van der Waals surface area contributed by atoms with E-state index < -0.39 is 28.4 Å². The summed E-state index contributed by atoms with van der Waals surface area (Å²) in [5.41, 5.74) is 0.645. The van der Waals surface area contributed by atoms with Crippen LogP contribution in [0.25, 0.3) is 0 Å². The zero-order chi connectivity index (χ0) is 23.3. The summed E-state index contributed by atoms with van der Waals surface area (Å²) in [5.74, 6) is -1.24. The van der Waals surface area contributed by atoms with Crippen LogP contribution in [0, 0.1) is 0 Å². The molecule has 0 aromatic heterocycles. The molecule has 0 saturated carbocycles. The van der Waals surface area contributed by atoms with Crippen LogP contribution >= 0.6 is 27.5 Å². The monoisotopic (exact) mass is 536 g/mol. The van der Waals surface area contributed by atoms with Crippen LogP contribution in [-0.4, -0.2) is 33.9 Å². The summed E-state index contributed by atoms with van der Waals surface area (Å²) in [6.07, 6.45) is 0. The summed E-state index contributed by atoms with van der Waals surface area (Å²) < 4.78 is 33.0. The highest BCUT2D eigenvalue weighted by Crippen LogP contribution is 2.27. The van der Waals surface area contributed by atoms with Gasteiger partial charge in [-0.2, -0.15) is 0 Å². The van der Waals surface area contributed by atoms with Crippen molar-refractivity contribution >= 4 is 60.8 Å². The Hall–Kier alpha value is -2.88. The first-order chi connectivity index (χ1) is 15.2. The van der Waals surface area contributed by atoms with E-state index in [2.05, 4.69) is 26.0 Å². The number of methoxy groups -OCH3 is 1. The number of halogens is 2. The molecule has 3 aromatic carbocycles. The molecule has 7 nitrogen and oxygen atoms in total. The second-order valence-corrected chi connectivity index (χ2v) is 9.72. The minimum atomic E-state index is -4.05. The standard InChI is InChI=1S/C22H18BrClN2O5S/c1-31-22(28)15-10-11-19(24)20(12-15)25-21(27)14-26(17-7-5-6-16(23)13-17)32(29,30)18-8-3-2-4-9-18/h2-13H,14H2,1H3,(H,25,27). The van der Waals surface area contributed by atoms with E-state index in [1.165, 1.54) is 37.4 Å². The third-order valence-electron chi connectivity index (χ3n) is 4.38. The molecule has 3 aromatic rings. The molecule has 1 amide bonds. The van der Waals surface area contributed by atoms with Gasteiger partial charge in [-0.05, 0) is 48.5 Å². The van der Waals surface area contributed by atoms with Gasteiger partial charge in [-0.15, -0.1) is 0 Å². The fourth-order valence-electron chi connectivity index (χ4n) is 2.85. The number of benzene rings is 3. The van der Waals surface area contributed by atoms with Crippen LogP contribution in [-0.2, 0) is 19.6 Å². The summed E-state index contributed by atoms with van der Waals surface area (Å²) in [6.45, 7) is -0.521. The quantitative estimate of drug-likeness (QED) is 0.440. The van der Waals surface area contributed by atoms with Crippen LogP contribution in [0.4, 0.5) is 11.4 Å². The minimum absolute atomic E-state index is 0.0403. The molecular formula is C22H18BrClN2O5S. The Morgan fingerprint density at radius 2 is 1.75 bits per heavy atom. The Morgan fingerprint density at radius 1 is 1.03 bits per heavy atom. The molecule has 1 N–H and O–H groups in total. The largest absolute Gasteiger partial charge is 0.465 e. The number of hydrogen-bond donors (Lipinski definition) is 1. The van der Waals surface area contributed by atoms with Crippen LogP contribution in [0.5, 0.6) is 0 Å². The molecule has 0 aliphatic rings. The Balaban J connectivity index is 1.94. The summed E-state index contributed by atoms with van der Waals surface area (Å²) in [4.78, 5) is 24.7. The third kappa shape index (κ3) is 5.48. The van der Waals surface area contributed by atoms with Crippen molar-refractivity contribution in [3.05, 3.63) is 87.9 Å². The number of sulfonamides is 1. The highest BCUT2D eigenvalue weighted by atomic mass is 79.9. The Morgan fingerprint density at radius 3 is 2.41 bits per heavy atom. The molecule has 0 fully saturated rings. The number of esters is 1. The number of hydrogen-bond acceptors (Lipinski definition) is 5. The lowest BCUT2D eigenvalue weighted by molar-refractivity contribution is -0.114. The molecule has 32 heavy (non-hydrogen) atoms. The van der Waals surface area contributed by atoms with Gasteiger partial charge in [0.25, 0.3) is 10.0 Å². The average molecular weight is 538 g/mol. The molecule has 0 saturated heterocycles. The lowest BCUT2D eigenvalue weighted by atomic mass is 10.2. The fraction of sp³-hybridized carbons (Fsp3) is 0.0909. The molecule has 0 spiro atoms. The van der Waals surface area contributed by atoms with Crippen molar-refractivity contribution in [2.24, 2.45) is 0 Å². The summed E-state index contributed by atoms with van der Waals surface area (Å²) in [5, 5.41) is 2.76. The molecule has 0 radical (unpaired) electrons. The zero-order valence-electron chi connectivity index (χ0n) is 16.8. The number of anilines is 2. The van der Waals surface area contributed by atoms with Crippen molar-refractivity contribution in [1.82, 2.24) is 0 Å². The summed E-state index contributed by atoms with van der Waals surface area (Å²) >= 11 is 9.47. The topological polar surface area (TPSA) is 92.8 Å². The van der Waals surface area contributed by atoms with E-state index in [0.717, 1.165) is 4.31 Å². The van der Waals surface area contributed by atoms with Crippen LogP contribution < -0.4 is 9.62 Å². The van der Waals surface area contributed by atoms with Gasteiger partial charge in [0.2, 0.25) is 5.91 Å². The number of carbonyl (C=O) groups excluding carboxylic acids is 2. The van der Waals surface area contributed by atoms with Gasteiger partial charge in [0, 0.05) is 4.47 Å². The predicted molar refractivity (Wildman–Crippen MR) is 127 cm³/mol. The number of amides is 1. The van der Waals surface area contributed by atoms with Crippen LogP contribution in [0.15, 0.2) is 82.2 Å². The lowest BCUT2D eigenvalue weighted by Gasteiger charge is -2.24. The van der Waals surface area contributed by atoms with Crippen molar-refractivity contribution in [1.29, 1.82) is 0 Å². The number of ether oxygens (including phenoxy) is 1. The van der Waals surface area contributed by atoms with E-state index in [-0.39, 0.29) is 21.2 Å². The number of rotatable bonds is 7. The van der Waals surface area contributed by atoms with Gasteiger partial charge < -0.3 is 10.1 Å². The van der Waals surface area contributed by atoms with Gasteiger partial charge in [-0.25, -0.2) is 13.2 Å². The van der Waals surface area contributed by atoms with E-state index in [1.54, 1.807) is 42.5 Å². The fourth-order valence-corrected chi connectivity index (χ4v) is 4.84. The van der Waals surface area contributed by atoms with Crippen molar-refractivity contribution < 1.29 is 22.7 Å². The van der Waals surface area contributed by atoms with Crippen molar-refractivity contribution in [3.8, 4) is 0 Å². The first-order valence-electron chi connectivity index (χ1n) is 9.23. The Labute approximate surface area is 199 Å². The molecule has 0 atom stereocenters. The van der Waals surface area contributed by atoms with E-state index in [9.17, 15) is 18.0 Å². The summed E-state index contributed by atoms with van der Waals surface area (Å²) in [6, 6.07) is 18.7. The summed E-state index contributed by atoms with van der Waals surface area (Å²) in [7, 11) is -2.81. The van der Waals surface area contributed by atoms with Gasteiger partial charge >= 0.3 is 5.97 Å². The number of nitrogens with zero attached hydrogens (tertiary/aromatic N) is 1. The normalized spacial score (nSPS) is 11.0. The molecular weight excluding hydrogens is 520 g/mol. The maximum Gasteiger partial charge on any atom is 0.337 e.